The number of rotatable bonds is 5. The molecule has 2 N–H and O–H groups in total. The first-order valence-corrected chi connectivity index (χ1v) is 7.92. The molecule has 2 heterocycles. The maximum absolute atomic E-state index is 9.66. The number of ether oxygens (including phenoxy) is 2. The highest BCUT2D eigenvalue weighted by atomic mass is 16.6. The average Bonchev–Trinajstić information content (AvgIpc) is 2.95. The summed E-state index contributed by atoms with van der Waals surface area (Å²) in [6.07, 6.45) is 3.84. The van der Waals surface area contributed by atoms with Crippen LogP contribution in [-0.2, 0) is 15.9 Å². The molecule has 4 nitrogen and oxygen atoms in total. The Labute approximate surface area is 126 Å². The lowest BCUT2D eigenvalue weighted by molar-refractivity contribution is -0.0908. The van der Waals surface area contributed by atoms with Crippen LogP contribution in [0.3, 0.4) is 0 Å². The molecule has 0 saturated carbocycles. The van der Waals surface area contributed by atoms with Gasteiger partial charge in [0.1, 0.15) is 0 Å². The van der Waals surface area contributed by atoms with E-state index in [1.54, 1.807) is 0 Å². The molecule has 0 bridgehead atoms. The van der Waals surface area contributed by atoms with Crippen LogP contribution in [0.25, 0.3) is 0 Å². The molecule has 3 unspecified atom stereocenters. The predicted octanol–water partition coefficient (Wildman–Crippen LogP) is 1.52. The van der Waals surface area contributed by atoms with Crippen molar-refractivity contribution in [1.82, 2.24) is 5.32 Å². The summed E-state index contributed by atoms with van der Waals surface area (Å²) in [4.78, 5) is 0. The number of aliphatic hydroxyl groups is 1. The quantitative estimate of drug-likeness (QED) is 0.863. The van der Waals surface area contributed by atoms with Crippen LogP contribution in [0.4, 0.5) is 0 Å². The second-order valence-corrected chi connectivity index (χ2v) is 6.26. The zero-order valence-corrected chi connectivity index (χ0v) is 12.5. The topological polar surface area (TPSA) is 50.7 Å². The van der Waals surface area contributed by atoms with Gasteiger partial charge in [-0.3, -0.25) is 0 Å². The molecule has 0 aromatic heterocycles. The lowest BCUT2D eigenvalue weighted by atomic mass is 9.89. The van der Waals surface area contributed by atoms with Crippen LogP contribution in [0.2, 0.25) is 0 Å². The van der Waals surface area contributed by atoms with Gasteiger partial charge in [-0.05, 0) is 24.8 Å². The van der Waals surface area contributed by atoms with Crippen LogP contribution in [0.1, 0.15) is 24.8 Å². The summed E-state index contributed by atoms with van der Waals surface area (Å²) < 4.78 is 11.5. The Morgan fingerprint density at radius 3 is 2.86 bits per heavy atom. The summed E-state index contributed by atoms with van der Waals surface area (Å²) in [5.74, 6) is 0. The third-order valence-electron chi connectivity index (χ3n) is 4.58. The molecule has 0 radical (unpaired) electrons. The van der Waals surface area contributed by atoms with Gasteiger partial charge < -0.3 is 19.9 Å². The zero-order valence-electron chi connectivity index (χ0n) is 12.5. The predicted molar refractivity (Wildman–Crippen MR) is 81.3 cm³/mol. The van der Waals surface area contributed by atoms with Crippen molar-refractivity contribution in [2.45, 2.75) is 43.4 Å². The van der Waals surface area contributed by atoms with Crippen LogP contribution in [0.5, 0.6) is 0 Å². The van der Waals surface area contributed by atoms with E-state index in [2.05, 4.69) is 17.4 Å². The second kappa shape index (κ2) is 6.88. The Hall–Kier alpha value is -0.940. The van der Waals surface area contributed by atoms with E-state index >= 15 is 0 Å². The first-order valence-electron chi connectivity index (χ1n) is 7.92. The minimum absolute atomic E-state index is 0.0807. The molecule has 116 valence electrons. The van der Waals surface area contributed by atoms with E-state index in [9.17, 15) is 5.11 Å². The molecule has 1 aromatic rings. The highest BCUT2D eigenvalue weighted by Crippen LogP contribution is 2.33. The molecule has 21 heavy (non-hydrogen) atoms. The number of nitrogens with one attached hydrogen (secondary N) is 1. The van der Waals surface area contributed by atoms with Crippen LogP contribution < -0.4 is 5.32 Å². The maximum atomic E-state index is 9.66. The molecule has 3 rings (SSSR count). The Morgan fingerprint density at radius 1 is 1.29 bits per heavy atom. The first kappa shape index (κ1) is 15.0. The molecule has 2 aliphatic rings. The van der Waals surface area contributed by atoms with Crippen LogP contribution in [0.15, 0.2) is 30.3 Å². The molecular formula is C17H25NO3. The van der Waals surface area contributed by atoms with E-state index in [4.69, 9.17) is 9.47 Å². The largest absolute Gasteiger partial charge is 0.395 e. The number of hydrogen-bond donors (Lipinski definition) is 2. The van der Waals surface area contributed by atoms with E-state index in [0.29, 0.717) is 12.6 Å². The molecule has 3 atom stereocenters. The molecular weight excluding hydrogens is 266 g/mol. The highest BCUT2D eigenvalue weighted by Gasteiger charge is 2.41. The lowest BCUT2D eigenvalue weighted by Crippen LogP contribution is -2.51. The summed E-state index contributed by atoms with van der Waals surface area (Å²) in [6.45, 7) is 2.47. The van der Waals surface area contributed by atoms with Gasteiger partial charge in [-0.25, -0.2) is 0 Å². The second-order valence-electron chi connectivity index (χ2n) is 6.26. The maximum Gasteiger partial charge on any atom is 0.0951 e. The molecule has 2 aliphatic heterocycles. The lowest BCUT2D eigenvalue weighted by Gasteiger charge is -2.38. The summed E-state index contributed by atoms with van der Waals surface area (Å²) in [5, 5.41) is 13.3. The number of hydrogen-bond acceptors (Lipinski definition) is 4. The molecule has 1 spiro atoms. The van der Waals surface area contributed by atoms with Crippen molar-refractivity contribution in [3.05, 3.63) is 35.9 Å². The molecule has 1 aromatic carbocycles. The van der Waals surface area contributed by atoms with Gasteiger partial charge in [0.2, 0.25) is 0 Å². The van der Waals surface area contributed by atoms with Crippen molar-refractivity contribution in [3.8, 4) is 0 Å². The van der Waals surface area contributed by atoms with Gasteiger partial charge in [-0.15, -0.1) is 0 Å². The van der Waals surface area contributed by atoms with Crippen molar-refractivity contribution in [2.75, 3.05) is 26.4 Å². The van der Waals surface area contributed by atoms with E-state index in [1.165, 1.54) is 5.56 Å². The van der Waals surface area contributed by atoms with Crippen molar-refractivity contribution < 1.29 is 14.6 Å². The Morgan fingerprint density at radius 2 is 2.14 bits per heavy atom. The van der Waals surface area contributed by atoms with Gasteiger partial charge in [0.15, 0.2) is 0 Å². The molecule has 0 amide bonds. The summed E-state index contributed by atoms with van der Waals surface area (Å²) >= 11 is 0. The molecule has 2 saturated heterocycles. The van der Waals surface area contributed by atoms with Gasteiger partial charge in [-0.1, -0.05) is 30.3 Å². The normalized spacial score (nSPS) is 30.6. The van der Waals surface area contributed by atoms with Crippen molar-refractivity contribution >= 4 is 0 Å². The van der Waals surface area contributed by atoms with E-state index in [-0.39, 0.29) is 18.2 Å². The molecule has 2 fully saturated rings. The van der Waals surface area contributed by atoms with Gasteiger partial charge in [0, 0.05) is 31.7 Å². The minimum Gasteiger partial charge on any atom is -0.395 e. The fourth-order valence-corrected chi connectivity index (χ4v) is 3.44. The molecule has 4 heteroatoms. The monoisotopic (exact) mass is 291 g/mol. The third kappa shape index (κ3) is 3.83. The molecule has 0 aliphatic carbocycles. The Kier molecular flexibility index (Phi) is 4.91. The fraction of sp³-hybridized carbons (Fsp3) is 0.647. The minimum atomic E-state index is -0.0807. The van der Waals surface area contributed by atoms with Gasteiger partial charge in [-0.2, -0.15) is 0 Å². The SMILES string of the molecule is OCC(Cc1ccccc1)NC1CCOC2(CCOC2)C1. The summed E-state index contributed by atoms with van der Waals surface area (Å²) in [7, 11) is 0. The van der Waals surface area contributed by atoms with Crippen LogP contribution in [0, 0.1) is 0 Å². The Balaban J connectivity index is 1.56. The van der Waals surface area contributed by atoms with Crippen molar-refractivity contribution in [3.63, 3.8) is 0 Å². The van der Waals surface area contributed by atoms with Crippen molar-refractivity contribution in [1.29, 1.82) is 0 Å². The number of aliphatic hydroxyl groups excluding tert-OH is 1. The summed E-state index contributed by atoms with van der Waals surface area (Å²) in [6, 6.07) is 10.8. The summed E-state index contributed by atoms with van der Waals surface area (Å²) in [5.41, 5.74) is 1.18. The van der Waals surface area contributed by atoms with E-state index in [0.717, 1.165) is 38.9 Å². The fourth-order valence-electron chi connectivity index (χ4n) is 3.44. The number of benzene rings is 1. The smallest absolute Gasteiger partial charge is 0.0951 e. The van der Waals surface area contributed by atoms with Crippen molar-refractivity contribution in [2.24, 2.45) is 0 Å². The van der Waals surface area contributed by atoms with E-state index in [1.807, 2.05) is 18.2 Å². The van der Waals surface area contributed by atoms with Crippen LogP contribution in [-0.4, -0.2) is 49.2 Å². The Bertz CT molecular complexity index is 431. The zero-order chi connectivity index (χ0) is 14.5. The standard InChI is InChI=1S/C17H25NO3/c19-12-16(10-14-4-2-1-3-5-14)18-15-6-8-21-17(11-15)7-9-20-13-17/h1-5,15-16,18-19H,6-13H2. The van der Waals surface area contributed by atoms with E-state index < -0.39 is 0 Å². The van der Waals surface area contributed by atoms with Gasteiger partial charge >= 0.3 is 0 Å². The van der Waals surface area contributed by atoms with Gasteiger partial charge in [0.05, 0.1) is 18.8 Å². The first-order chi connectivity index (χ1) is 10.3. The van der Waals surface area contributed by atoms with Gasteiger partial charge in [0.25, 0.3) is 0 Å². The average molecular weight is 291 g/mol. The third-order valence-corrected chi connectivity index (χ3v) is 4.58. The highest BCUT2D eigenvalue weighted by molar-refractivity contribution is 5.16. The van der Waals surface area contributed by atoms with Crippen LogP contribution >= 0.6 is 0 Å².